The van der Waals surface area contributed by atoms with Gasteiger partial charge in [0.25, 0.3) is 0 Å². The van der Waals surface area contributed by atoms with Crippen LogP contribution in [0.1, 0.15) is 55.4 Å². The molecule has 0 atom stereocenters. The first-order valence-electron chi connectivity index (χ1n) is 6.69. The van der Waals surface area contributed by atoms with Crippen LogP contribution in [-0.2, 0) is 8.85 Å². The summed E-state index contributed by atoms with van der Waals surface area (Å²) in [5, 5.41) is 0. The maximum absolute atomic E-state index is 5.60. The minimum Gasteiger partial charge on any atom is -0.417 e. The zero-order valence-corrected chi connectivity index (χ0v) is 13.5. The molecule has 0 aromatic heterocycles. The summed E-state index contributed by atoms with van der Waals surface area (Å²) in [5.74, 6) is 0. The first kappa shape index (κ1) is 28.5. The Labute approximate surface area is 132 Å². The Balaban J connectivity index is -0.000000107. The predicted octanol–water partition coefficient (Wildman–Crippen LogP) is 6.55. The molecule has 0 amide bonds. The average molecular weight is 325 g/mol. The van der Waals surface area contributed by atoms with Crippen molar-refractivity contribution in [1.29, 1.82) is 0 Å². The fourth-order valence-corrected chi connectivity index (χ4v) is 6.03. The van der Waals surface area contributed by atoms with E-state index in [-0.39, 0.29) is 29.7 Å². The van der Waals surface area contributed by atoms with Crippen molar-refractivity contribution >= 4 is 16.6 Å². The van der Waals surface area contributed by atoms with Gasteiger partial charge in [-0.05, 0) is 51.1 Å². The third-order valence-corrected chi connectivity index (χ3v) is 8.42. The highest BCUT2D eigenvalue weighted by Gasteiger charge is 2.25. The molecule has 2 aliphatic heterocycles. The number of hydrogen-bond acceptors (Lipinski definition) is 2. The highest BCUT2D eigenvalue weighted by atomic mass is 28.4. The van der Waals surface area contributed by atoms with Crippen LogP contribution < -0.4 is 0 Å². The van der Waals surface area contributed by atoms with Crippen LogP contribution in [0, 0.1) is 0 Å². The molecule has 0 bridgehead atoms. The van der Waals surface area contributed by atoms with E-state index in [9.17, 15) is 0 Å². The number of rotatable bonds is 0. The summed E-state index contributed by atoms with van der Waals surface area (Å²) in [7, 11) is -2.18. The van der Waals surface area contributed by atoms with Crippen LogP contribution in [0.15, 0.2) is 0 Å². The van der Waals surface area contributed by atoms with E-state index in [2.05, 4.69) is 26.2 Å². The van der Waals surface area contributed by atoms with Crippen molar-refractivity contribution in [2.45, 2.75) is 93.7 Å². The van der Waals surface area contributed by atoms with Crippen molar-refractivity contribution < 1.29 is 8.85 Å². The van der Waals surface area contributed by atoms with Crippen LogP contribution in [0.2, 0.25) is 38.3 Å². The van der Waals surface area contributed by atoms with Gasteiger partial charge in [-0.25, -0.2) is 0 Å². The molecule has 2 aliphatic rings. The first-order valence-corrected chi connectivity index (χ1v) is 12.9. The Bertz CT molecular complexity index is 169. The van der Waals surface area contributed by atoms with Gasteiger partial charge in [0.05, 0.1) is 0 Å². The van der Waals surface area contributed by atoms with Gasteiger partial charge >= 0.3 is 0 Å². The summed E-state index contributed by atoms with van der Waals surface area (Å²) in [4.78, 5) is 0. The van der Waals surface area contributed by atoms with Crippen molar-refractivity contribution in [2.75, 3.05) is 13.2 Å². The Morgan fingerprint density at radius 3 is 0.950 bits per heavy atom. The lowest BCUT2D eigenvalue weighted by atomic mass is 10.4. The Hall–Kier alpha value is 0.354. The normalized spacial score (nSPS) is 22.2. The minimum absolute atomic E-state index is 0. The number of hydrogen-bond donors (Lipinski definition) is 0. The zero-order chi connectivity index (χ0) is 12.1. The van der Waals surface area contributed by atoms with E-state index < -0.39 is 16.6 Å². The van der Waals surface area contributed by atoms with E-state index in [0.717, 1.165) is 13.2 Å². The maximum Gasteiger partial charge on any atom is 0.186 e. The first-order chi connectivity index (χ1) is 7.41. The highest BCUT2D eigenvalue weighted by molar-refractivity contribution is 6.71. The van der Waals surface area contributed by atoms with Crippen LogP contribution in [-0.4, -0.2) is 29.8 Å². The second kappa shape index (κ2) is 13.0. The lowest BCUT2D eigenvalue weighted by molar-refractivity contribution is 0.275. The van der Waals surface area contributed by atoms with Gasteiger partial charge in [-0.15, -0.1) is 0 Å². The predicted molar refractivity (Wildman–Crippen MR) is 102 cm³/mol. The van der Waals surface area contributed by atoms with Crippen LogP contribution in [0.4, 0.5) is 0 Å². The van der Waals surface area contributed by atoms with Crippen molar-refractivity contribution in [2.24, 2.45) is 0 Å². The topological polar surface area (TPSA) is 18.5 Å². The van der Waals surface area contributed by atoms with Crippen molar-refractivity contribution in [1.82, 2.24) is 0 Å². The second-order valence-electron chi connectivity index (χ2n) is 6.13. The smallest absolute Gasteiger partial charge is 0.186 e. The average Bonchev–Trinajstić information content (AvgIpc) is 2.17. The molecule has 4 heteroatoms. The highest BCUT2D eigenvalue weighted by Crippen LogP contribution is 2.20. The molecule has 0 aromatic carbocycles. The quantitative estimate of drug-likeness (QED) is 0.470. The second-order valence-corrected chi connectivity index (χ2v) is 14.7. The van der Waals surface area contributed by atoms with Crippen LogP contribution in [0.3, 0.4) is 0 Å². The fraction of sp³-hybridized carbons (Fsp3) is 1.00. The molecule has 0 spiro atoms. The van der Waals surface area contributed by atoms with E-state index in [0.29, 0.717) is 0 Å². The fourth-order valence-electron chi connectivity index (χ4n) is 2.15. The minimum atomic E-state index is -1.09. The molecule has 0 saturated carbocycles. The van der Waals surface area contributed by atoms with E-state index >= 15 is 0 Å². The molecule has 2 nitrogen and oxygen atoms in total. The van der Waals surface area contributed by atoms with Gasteiger partial charge in [0, 0.05) is 13.2 Å². The largest absolute Gasteiger partial charge is 0.417 e. The molecular formula is C16H44O2Si2. The summed E-state index contributed by atoms with van der Waals surface area (Å²) in [6.07, 6.45) is 5.38. The molecular weight excluding hydrogens is 280 g/mol. The van der Waals surface area contributed by atoms with E-state index in [1.807, 2.05) is 0 Å². The van der Waals surface area contributed by atoms with Gasteiger partial charge in [-0.2, -0.15) is 0 Å². The molecule has 20 heavy (non-hydrogen) atoms. The summed E-state index contributed by atoms with van der Waals surface area (Å²) in [6.45, 7) is 11.2. The molecule has 2 rings (SSSR count). The van der Waals surface area contributed by atoms with Crippen LogP contribution >= 0.6 is 0 Å². The Morgan fingerprint density at radius 2 is 0.850 bits per heavy atom. The van der Waals surface area contributed by atoms with E-state index in [4.69, 9.17) is 8.85 Å². The lowest BCUT2D eigenvalue weighted by Gasteiger charge is -2.27. The Morgan fingerprint density at radius 1 is 0.550 bits per heavy atom. The molecule has 2 fully saturated rings. The molecule has 0 unspecified atom stereocenters. The molecule has 0 N–H and O–H groups in total. The van der Waals surface area contributed by atoms with Gasteiger partial charge in [-0.3, -0.25) is 0 Å². The van der Waals surface area contributed by atoms with Crippen molar-refractivity contribution in [3.05, 3.63) is 0 Å². The van der Waals surface area contributed by atoms with Gasteiger partial charge < -0.3 is 8.85 Å². The van der Waals surface area contributed by atoms with Gasteiger partial charge in [0.15, 0.2) is 16.6 Å². The van der Waals surface area contributed by atoms with Crippen molar-refractivity contribution in [3.8, 4) is 0 Å². The summed E-state index contributed by atoms with van der Waals surface area (Å²) < 4.78 is 11.2. The van der Waals surface area contributed by atoms with Gasteiger partial charge in [0.1, 0.15) is 0 Å². The summed E-state index contributed by atoms with van der Waals surface area (Å²) in [6, 6.07) is 2.74. The standard InChI is InChI=1S/2C6H14OSi.4CH4/c2*1-8(2)6-4-3-5-7-8;;;;/h2*3-6H2,1-2H3;4*1H4. The van der Waals surface area contributed by atoms with Crippen LogP contribution in [0.5, 0.6) is 0 Å². The molecule has 0 aliphatic carbocycles. The molecule has 0 radical (unpaired) electrons. The molecule has 2 saturated heterocycles. The third kappa shape index (κ3) is 13.3. The van der Waals surface area contributed by atoms with Crippen LogP contribution in [0.25, 0.3) is 0 Å². The SMILES string of the molecule is C.C.C.C.C[Si]1(C)CCCCO1.C[Si]1(C)CCCCO1. The van der Waals surface area contributed by atoms with E-state index in [1.165, 1.54) is 37.8 Å². The summed E-state index contributed by atoms with van der Waals surface area (Å²) in [5.41, 5.74) is 0. The lowest BCUT2D eigenvalue weighted by Crippen LogP contribution is -2.33. The van der Waals surface area contributed by atoms with Crippen molar-refractivity contribution in [3.63, 3.8) is 0 Å². The van der Waals surface area contributed by atoms with Gasteiger partial charge in [0.2, 0.25) is 0 Å². The monoisotopic (exact) mass is 324 g/mol. The van der Waals surface area contributed by atoms with Gasteiger partial charge in [-0.1, -0.05) is 42.5 Å². The third-order valence-electron chi connectivity index (χ3n) is 3.33. The molecule has 0 aromatic rings. The van der Waals surface area contributed by atoms with E-state index in [1.54, 1.807) is 0 Å². The maximum atomic E-state index is 5.60. The zero-order valence-electron chi connectivity index (χ0n) is 11.5. The molecule has 2 heterocycles. The summed E-state index contributed by atoms with van der Waals surface area (Å²) >= 11 is 0. The Kier molecular flexibility index (Phi) is 18.6. The molecule has 128 valence electrons.